The first-order valence-corrected chi connectivity index (χ1v) is 15.0. The van der Waals surface area contributed by atoms with Crippen LogP contribution in [0.15, 0.2) is 97.1 Å². The van der Waals surface area contributed by atoms with Crippen molar-refractivity contribution in [3.8, 4) is 11.1 Å². The number of rotatable bonds is 10. The van der Waals surface area contributed by atoms with Gasteiger partial charge in [-0.2, -0.15) is 10.0 Å². The molecule has 218 valence electrons. The molecule has 43 heavy (non-hydrogen) atoms. The van der Waals surface area contributed by atoms with Crippen molar-refractivity contribution in [3.05, 3.63) is 130 Å². The van der Waals surface area contributed by atoms with Crippen molar-refractivity contribution < 1.29 is 9.68 Å². The lowest BCUT2D eigenvalue weighted by atomic mass is 9.95. The van der Waals surface area contributed by atoms with Crippen molar-refractivity contribution in [1.82, 2.24) is 21.2 Å². The molecule has 4 aromatic carbocycles. The van der Waals surface area contributed by atoms with E-state index in [1.807, 2.05) is 22.2 Å². The molecule has 4 aromatic rings. The molecule has 0 amide bonds. The number of hydrogen-bond acceptors (Lipinski definition) is 8. The predicted octanol–water partition coefficient (Wildman–Crippen LogP) is 6.06. The lowest BCUT2D eigenvalue weighted by Gasteiger charge is -2.22. The van der Waals surface area contributed by atoms with Crippen LogP contribution in [0.5, 0.6) is 0 Å². The second-order valence-electron chi connectivity index (χ2n) is 11.5. The molecule has 8 nitrogen and oxygen atoms in total. The smallest absolute Gasteiger partial charge is 0.231 e. The molecule has 2 saturated heterocycles. The minimum Gasteiger partial charge on any atom is -0.376 e. The van der Waals surface area contributed by atoms with Crippen LogP contribution in [0.25, 0.3) is 11.1 Å². The van der Waals surface area contributed by atoms with Crippen LogP contribution in [0.4, 0.5) is 0 Å². The molecule has 2 unspecified atom stereocenters. The van der Waals surface area contributed by atoms with Crippen molar-refractivity contribution in [2.24, 2.45) is 0 Å². The molecule has 0 radical (unpaired) electrons. The third-order valence-electron chi connectivity index (χ3n) is 8.69. The third kappa shape index (κ3) is 5.58. The van der Waals surface area contributed by atoms with Crippen LogP contribution >= 0.6 is 0 Å². The standard InChI is InChI=1S/C35H36N6O2/c36-34-32(40(38-42-34)20-8-14-24-10-3-1-4-11-24)26-18-19-28-27(22-26)23-31-29(28)16-7-17-30(31)33-35(37)43-39-41(33)21-9-15-25-12-5-2-6-13-25/h1-7,10-13,16-19,22,32-33,36-39H,8-9,14-15,20-21,23H2. The van der Waals surface area contributed by atoms with E-state index in [9.17, 15) is 0 Å². The van der Waals surface area contributed by atoms with Crippen LogP contribution in [-0.2, 0) is 28.9 Å². The average Bonchev–Trinajstić information content (AvgIpc) is 3.72. The Balaban J connectivity index is 1.07. The summed E-state index contributed by atoms with van der Waals surface area (Å²) >= 11 is 0. The number of fused-ring (bicyclic) bond motifs is 3. The predicted molar refractivity (Wildman–Crippen MR) is 167 cm³/mol. The van der Waals surface area contributed by atoms with Gasteiger partial charge in [-0.1, -0.05) is 108 Å². The van der Waals surface area contributed by atoms with Crippen LogP contribution in [-0.4, -0.2) is 34.9 Å². The second kappa shape index (κ2) is 12.1. The summed E-state index contributed by atoms with van der Waals surface area (Å²) in [6.07, 6.45) is 4.62. The van der Waals surface area contributed by atoms with Gasteiger partial charge in [-0.15, -0.1) is 0 Å². The summed E-state index contributed by atoms with van der Waals surface area (Å²) in [6.45, 7) is 1.53. The highest BCUT2D eigenvalue weighted by Crippen LogP contribution is 2.43. The topological polar surface area (TPSA) is 96.7 Å². The quantitative estimate of drug-likeness (QED) is 0.162. The highest BCUT2D eigenvalue weighted by atomic mass is 16.7. The Morgan fingerprint density at radius 3 is 1.91 bits per heavy atom. The maximum Gasteiger partial charge on any atom is 0.231 e. The van der Waals surface area contributed by atoms with E-state index in [1.54, 1.807) is 0 Å². The fourth-order valence-electron chi connectivity index (χ4n) is 6.60. The average molecular weight is 573 g/mol. The Morgan fingerprint density at radius 1 is 0.651 bits per heavy atom. The molecule has 0 spiro atoms. The minimum absolute atomic E-state index is 0.213. The van der Waals surface area contributed by atoms with Gasteiger partial charge >= 0.3 is 0 Å². The fraction of sp³-hybridized carbons (Fsp3) is 0.257. The number of nitrogens with one attached hydrogen (secondary N) is 4. The summed E-state index contributed by atoms with van der Waals surface area (Å²) in [6, 6.07) is 33.4. The Labute approximate surface area is 252 Å². The SMILES string of the molecule is N=C1ONN(CCCc2ccccc2)C1c1ccc2c(c1)Cc1c-2cccc1C1C(=N)ONN1CCCc1ccccc1. The summed E-state index contributed by atoms with van der Waals surface area (Å²) in [7, 11) is 0. The van der Waals surface area contributed by atoms with Crippen molar-refractivity contribution in [2.75, 3.05) is 13.1 Å². The number of nitrogens with zero attached hydrogens (tertiary/aromatic N) is 2. The normalized spacial score (nSPS) is 19.7. The molecule has 2 aliphatic heterocycles. The maximum atomic E-state index is 8.62. The second-order valence-corrected chi connectivity index (χ2v) is 11.5. The summed E-state index contributed by atoms with van der Waals surface area (Å²) < 4.78 is 0. The van der Waals surface area contributed by atoms with E-state index in [2.05, 4.69) is 96.1 Å². The number of hydrogen-bond donors (Lipinski definition) is 4. The van der Waals surface area contributed by atoms with Crippen molar-refractivity contribution in [3.63, 3.8) is 0 Å². The molecule has 1 aliphatic carbocycles. The maximum absolute atomic E-state index is 8.62. The van der Waals surface area contributed by atoms with Crippen LogP contribution in [0.3, 0.4) is 0 Å². The molecule has 4 N–H and O–H groups in total. The van der Waals surface area contributed by atoms with Gasteiger partial charge in [0.05, 0.1) is 0 Å². The number of hydrazine groups is 2. The zero-order valence-corrected chi connectivity index (χ0v) is 24.1. The van der Waals surface area contributed by atoms with Gasteiger partial charge in [0.15, 0.2) is 0 Å². The molecule has 2 heterocycles. The molecule has 0 bridgehead atoms. The number of benzene rings is 4. The third-order valence-corrected chi connectivity index (χ3v) is 8.69. The van der Waals surface area contributed by atoms with Crippen LogP contribution in [0.2, 0.25) is 0 Å². The molecule has 3 aliphatic rings. The first-order chi connectivity index (χ1) is 21.2. The molecular formula is C35H36N6O2. The minimum atomic E-state index is -0.278. The monoisotopic (exact) mass is 572 g/mol. The van der Waals surface area contributed by atoms with Crippen molar-refractivity contribution in [1.29, 1.82) is 10.8 Å². The van der Waals surface area contributed by atoms with E-state index in [-0.39, 0.29) is 23.9 Å². The van der Waals surface area contributed by atoms with E-state index >= 15 is 0 Å². The van der Waals surface area contributed by atoms with Gasteiger partial charge in [0.2, 0.25) is 11.8 Å². The van der Waals surface area contributed by atoms with Gasteiger partial charge in [-0.05, 0) is 76.6 Å². The van der Waals surface area contributed by atoms with Gasteiger partial charge in [-0.3, -0.25) is 10.8 Å². The lowest BCUT2D eigenvalue weighted by Crippen LogP contribution is -2.34. The molecule has 8 heteroatoms. The highest BCUT2D eigenvalue weighted by molar-refractivity contribution is 5.86. The molecule has 2 fully saturated rings. The van der Waals surface area contributed by atoms with Crippen LogP contribution in [0, 0.1) is 10.8 Å². The van der Waals surface area contributed by atoms with Gasteiger partial charge in [0, 0.05) is 13.1 Å². The Hall–Kier alpha value is -4.34. The summed E-state index contributed by atoms with van der Waals surface area (Å²) in [5.41, 5.74) is 15.6. The summed E-state index contributed by atoms with van der Waals surface area (Å²) in [5, 5.41) is 21.2. The van der Waals surface area contributed by atoms with Gasteiger partial charge in [0.1, 0.15) is 12.1 Å². The van der Waals surface area contributed by atoms with Crippen LogP contribution in [0.1, 0.15) is 58.3 Å². The Morgan fingerprint density at radius 2 is 1.26 bits per heavy atom. The fourth-order valence-corrected chi connectivity index (χ4v) is 6.60. The van der Waals surface area contributed by atoms with Crippen molar-refractivity contribution in [2.45, 2.75) is 44.2 Å². The summed E-state index contributed by atoms with van der Waals surface area (Å²) in [5.74, 6) is 0.433. The van der Waals surface area contributed by atoms with E-state index in [0.717, 1.165) is 56.3 Å². The molecular weight excluding hydrogens is 536 g/mol. The van der Waals surface area contributed by atoms with E-state index in [4.69, 9.17) is 20.5 Å². The first kappa shape index (κ1) is 27.5. The van der Waals surface area contributed by atoms with E-state index in [1.165, 1.54) is 33.4 Å². The lowest BCUT2D eigenvalue weighted by molar-refractivity contribution is 0.0384. The molecule has 0 aromatic heterocycles. The van der Waals surface area contributed by atoms with Crippen LogP contribution < -0.4 is 11.2 Å². The first-order valence-electron chi connectivity index (χ1n) is 15.0. The van der Waals surface area contributed by atoms with Gasteiger partial charge < -0.3 is 9.68 Å². The zero-order chi connectivity index (χ0) is 29.2. The van der Waals surface area contributed by atoms with E-state index in [0.29, 0.717) is 0 Å². The van der Waals surface area contributed by atoms with Gasteiger partial charge in [-0.25, -0.2) is 0 Å². The summed E-state index contributed by atoms with van der Waals surface area (Å²) in [4.78, 5) is 11.0. The molecule has 7 rings (SSSR count). The van der Waals surface area contributed by atoms with Gasteiger partial charge in [0.25, 0.3) is 0 Å². The Bertz CT molecular complexity index is 1630. The largest absolute Gasteiger partial charge is 0.376 e. The zero-order valence-electron chi connectivity index (χ0n) is 24.1. The number of aryl methyl sites for hydroxylation is 2. The molecule has 2 atom stereocenters. The van der Waals surface area contributed by atoms with E-state index < -0.39 is 0 Å². The highest BCUT2D eigenvalue weighted by Gasteiger charge is 2.38. The molecule has 0 saturated carbocycles. The van der Waals surface area contributed by atoms with Crippen molar-refractivity contribution >= 4 is 11.8 Å². The Kier molecular flexibility index (Phi) is 7.74.